The first-order chi connectivity index (χ1) is 9.74. The number of rotatable bonds is 2. The minimum Gasteiger partial charge on any atom is -0.337 e. The molecule has 1 aromatic heterocycles. The summed E-state index contributed by atoms with van der Waals surface area (Å²) in [6.07, 6.45) is 4.58. The van der Waals surface area contributed by atoms with Crippen LogP contribution in [0.4, 0.5) is 4.39 Å². The van der Waals surface area contributed by atoms with E-state index in [0.29, 0.717) is 22.8 Å². The van der Waals surface area contributed by atoms with Gasteiger partial charge < -0.3 is 9.84 Å². The minimum absolute atomic E-state index is 0.119. The van der Waals surface area contributed by atoms with Crippen LogP contribution in [0.25, 0.3) is 11.4 Å². The Hall–Kier alpha value is -1.75. The lowest BCUT2D eigenvalue weighted by Gasteiger charge is -2.09. The Kier molecular flexibility index (Phi) is 3.78. The molecule has 4 nitrogen and oxygen atoms in total. The number of benzene rings is 1. The maximum Gasteiger partial charge on any atom is 0.244 e. The van der Waals surface area contributed by atoms with Crippen molar-refractivity contribution in [1.29, 1.82) is 0 Å². The predicted molar refractivity (Wildman–Crippen MR) is 73.6 cm³/mol. The molecule has 0 aliphatic carbocycles. The van der Waals surface area contributed by atoms with Crippen molar-refractivity contribution < 1.29 is 8.91 Å². The Morgan fingerprint density at radius 2 is 2.20 bits per heavy atom. The molecule has 1 fully saturated rings. The molecule has 0 radical (unpaired) electrons. The Morgan fingerprint density at radius 1 is 1.30 bits per heavy atom. The van der Waals surface area contributed by atoms with Crippen LogP contribution in [0.15, 0.2) is 22.7 Å². The van der Waals surface area contributed by atoms with E-state index >= 15 is 0 Å². The van der Waals surface area contributed by atoms with E-state index in [0.717, 1.165) is 19.4 Å². The first kappa shape index (κ1) is 13.2. The molecule has 0 bridgehead atoms. The lowest BCUT2D eigenvalue weighted by atomic mass is 10.1. The molecule has 0 spiro atoms. The first-order valence-electron chi connectivity index (χ1n) is 7.07. The van der Waals surface area contributed by atoms with Crippen LogP contribution in [0.5, 0.6) is 0 Å². The Bertz CT molecular complexity index is 589. The minimum atomic E-state index is -0.249. The molecule has 2 heterocycles. The second-order valence-electron chi connectivity index (χ2n) is 5.28. The van der Waals surface area contributed by atoms with Crippen molar-refractivity contribution in [3.05, 3.63) is 35.5 Å². The zero-order chi connectivity index (χ0) is 13.9. The van der Waals surface area contributed by atoms with E-state index in [1.54, 1.807) is 13.0 Å². The third-order valence-electron chi connectivity index (χ3n) is 3.73. The summed E-state index contributed by atoms with van der Waals surface area (Å²) in [5.74, 6) is 0.800. The van der Waals surface area contributed by atoms with Gasteiger partial charge in [0.2, 0.25) is 11.7 Å². The van der Waals surface area contributed by atoms with Crippen LogP contribution >= 0.6 is 0 Å². The molecule has 1 aliphatic heterocycles. The summed E-state index contributed by atoms with van der Waals surface area (Å²) in [6, 6.07) is 5.11. The number of hydrogen-bond acceptors (Lipinski definition) is 4. The summed E-state index contributed by atoms with van der Waals surface area (Å²) in [7, 11) is 0. The van der Waals surface area contributed by atoms with Crippen molar-refractivity contribution in [3.63, 3.8) is 0 Å². The van der Waals surface area contributed by atoms with E-state index in [4.69, 9.17) is 4.52 Å². The maximum atomic E-state index is 13.6. The number of halogens is 1. The van der Waals surface area contributed by atoms with Crippen molar-refractivity contribution >= 4 is 0 Å². The summed E-state index contributed by atoms with van der Waals surface area (Å²) in [4.78, 5) is 4.41. The molecular weight excluding hydrogens is 257 g/mol. The fourth-order valence-corrected chi connectivity index (χ4v) is 2.47. The fourth-order valence-electron chi connectivity index (χ4n) is 2.47. The van der Waals surface area contributed by atoms with Gasteiger partial charge in [-0.15, -0.1) is 0 Å². The fraction of sp³-hybridized carbons (Fsp3) is 0.467. The second-order valence-corrected chi connectivity index (χ2v) is 5.28. The lowest BCUT2D eigenvalue weighted by molar-refractivity contribution is 0.327. The molecule has 1 aliphatic rings. The van der Waals surface area contributed by atoms with Crippen molar-refractivity contribution in [1.82, 2.24) is 15.5 Å². The van der Waals surface area contributed by atoms with Crippen LogP contribution in [0.1, 0.15) is 43.2 Å². The molecule has 5 heteroatoms. The Balaban J connectivity index is 1.83. The van der Waals surface area contributed by atoms with Crippen LogP contribution in [-0.2, 0) is 0 Å². The second kappa shape index (κ2) is 5.71. The molecule has 1 saturated heterocycles. The highest BCUT2D eigenvalue weighted by Gasteiger charge is 2.20. The zero-order valence-electron chi connectivity index (χ0n) is 11.5. The average Bonchev–Trinajstić information content (AvgIpc) is 2.78. The van der Waals surface area contributed by atoms with E-state index in [-0.39, 0.29) is 11.9 Å². The molecule has 20 heavy (non-hydrogen) atoms. The maximum absolute atomic E-state index is 13.6. The van der Waals surface area contributed by atoms with Crippen molar-refractivity contribution in [3.8, 4) is 11.4 Å². The molecule has 0 saturated carbocycles. The van der Waals surface area contributed by atoms with Crippen LogP contribution < -0.4 is 5.32 Å². The number of hydrogen-bond donors (Lipinski definition) is 1. The zero-order valence-corrected chi connectivity index (χ0v) is 11.5. The number of aromatic nitrogens is 2. The molecule has 1 unspecified atom stereocenters. The molecule has 106 valence electrons. The van der Waals surface area contributed by atoms with Gasteiger partial charge in [0.1, 0.15) is 5.82 Å². The standard InChI is InChI=1S/C15H18FN3O/c1-10-6-7-11(9-12(10)16)14-18-15(20-19-14)13-5-3-2-4-8-17-13/h6-7,9,13,17H,2-5,8H2,1H3. The van der Waals surface area contributed by atoms with Crippen LogP contribution in [0, 0.1) is 12.7 Å². The molecule has 1 aromatic carbocycles. The van der Waals surface area contributed by atoms with Gasteiger partial charge >= 0.3 is 0 Å². The van der Waals surface area contributed by atoms with Gasteiger partial charge in [-0.05, 0) is 37.9 Å². The normalized spacial score (nSPS) is 19.8. The van der Waals surface area contributed by atoms with Crippen LogP contribution in [0.3, 0.4) is 0 Å². The molecule has 0 amide bonds. The summed E-state index contributed by atoms with van der Waals surface area (Å²) >= 11 is 0. The molecule has 1 atom stereocenters. The summed E-state index contributed by atoms with van der Waals surface area (Å²) in [5.41, 5.74) is 1.26. The highest BCUT2D eigenvalue weighted by molar-refractivity contribution is 5.54. The summed E-state index contributed by atoms with van der Waals surface area (Å²) in [6.45, 7) is 2.71. The summed E-state index contributed by atoms with van der Waals surface area (Å²) in [5, 5.41) is 7.38. The van der Waals surface area contributed by atoms with E-state index in [1.807, 2.05) is 6.07 Å². The number of aryl methyl sites for hydroxylation is 1. The number of nitrogens with one attached hydrogen (secondary N) is 1. The van der Waals surface area contributed by atoms with Crippen molar-refractivity contribution in [2.45, 2.75) is 38.6 Å². The van der Waals surface area contributed by atoms with Gasteiger partial charge in [-0.1, -0.05) is 30.1 Å². The molecule has 1 N–H and O–H groups in total. The summed E-state index contributed by atoms with van der Waals surface area (Å²) < 4.78 is 18.9. The van der Waals surface area contributed by atoms with Crippen LogP contribution in [0.2, 0.25) is 0 Å². The van der Waals surface area contributed by atoms with E-state index < -0.39 is 0 Å². The quantitative estimate of drug-likeness (QED) is 0.912. The largest absolute Gasteiger partial charge is 0.337 e. The van der Waals surface area contributed by atoms with Gasteiger partial charge in [0.15, 0.2) is 0 Å². The van der Waals surface area contributed by atoms with Gasteiger partial charge in [-0.3, -0.25) is 0 Å². The molecule has 2 aromatic rings. The third-order valence-corrected chi connectivity index (χ3v) is 3.73. The molecule has 3 rings (SSSR count). The van der Waals surface area contributed by atoms with Gasteiger partial charge in [-0.2, -0.15) is 4.98 Å². The highest BCUT2D eigenvalue weighted by atomic mass is 19.1. The SMILES string of the molecule is Cc1ccc(-c2noc(C3CCCCCN3)n2)cc1F. The van der Waals surface area contributed by atoms with E-state index in [1.165, 1.54) is 18.9 Å². The van der Waals surface area contributed by atoms with E-state index in [2.05, 4.69) is 15.5 Å². The van der Waals surface area contributed by atoms with Gasteiger partial charge in [0.25, 0.3) is 0 Å². The Labute approximate surface area is 117 Å². The van der Waals surface area contributed by atoms with Crippen molar-refractivity contribution in [2.24, 2.45) is 0 Å². The van der Waals surface area contributed by atoms with Gasteiger partial charge in [0.05, 0.1) is 6.04 Å². The van der Waals surface area contributed by atoms with E-state index in [9.17, 15) is 4.39 Å². The molecular formula is C15H18FN3O. The van der Waals surface area contributed by atoms with Gasteiger partial charge in [0, 0.05) is 5.56 Å². The lowest BCUT2D eigenvalue weighted by Crippen LogP contribution is -2.20. The van der Waals surface area contributed by atoms with Gasteiger partial charge in [-0.25, -0.2) is 4.39 Å². The Morgan fingerprint density at radius 3 is 3.05 bits per heavy atom. The average molecular weight is 275 g/mol. The predicted octanol–water partition coefficient (Wildman–Crippen LogP) is 3.39. The first-order valence-corrected chi connectivity index (χ1v) is 7.07. The van der Waals surface area contributed by atoms with Crippen LogP contribution in [-0.4, -0.2) is 16.7 Å². The smallest absolute Gasteiger partial charge is 0.244 e. The topological polar surface area (TPSA) is 51.0 Å². The number of nitrogens with zero attached hydrogens (tertiary/aromatic N) is 2. The third kappa shape index (κ3) is 2.72. The van der Waals surface area contributed by atoms with Crippen molar-refractivity contribution in [2.75, 3.05) is 6.54 Å². The highest BCUT2D eigenvalue weighted by Crippen LogP contribution is 2.24. The monoisotopic (exact) mass is 275 g/mol.